The third kappa shape index (κ3) is 6.03. The quantitative estimate of drug-likeness (QED) is 0.500. The molecule has 3 rings (SSSR count). The highest BCUT2D eigenvalue weighted by Gasteiger charge is 2.33. The highest BCUT2D eigenvalue weighted by Crippen LogP contribution is 2.35. The normalized spacial score (nSPS) is 20.4. The Hall–Kier alpha value is -2.02. The molecule has 0 aliphatic carbocycles. The molecule has 2 aromatic carbocycles. The first-order valence-electron chi connectivity index (χ1n) is 9.88. The van der Waals surface area contributed by atoms with Crippen molar-refractivity contribution in [3.8, 4) is 0 Å². The van der Waals surface area contributed by atoms with E-state index < -0.39 is 11.7 Å². The summed E-state index contributed by atoms with van der Waals surface area (Å²) in [6.07, 6.45) is -1.83. The summed E-state index contributed by atoms with van der Waals surface area (Å²) in [7, 11) is 0. The number of hydrogen-bond donors (Lipinski definition) is 0. The van der Waals surface area contributed by atoms with Crippen LogP contribution in [0.1, 0.15) is 30.5 Å². The maximum atomic E-state index is 13.0. The van der Waals surface area contributed by atoms with E-state index in [1.54, 1.807) is 4.90 Å². The Balaban J connectivity index is 1.66. The average molecular weight is 471 g/mol. The Morgan fingerprint density at radius 2 is 1.74 bits per heavy atom. The number of rotatable bonds is 4. The number of carbonyl (C=O) groups excluding carboxylic acids is 1. The van der Waals surface area contributed by atoms with Gasteiger partial charge in [-0.05, 0) is 55.3 Å². The molecule has 0 bridgehead atoms. The minimum Gasteiger partial charge on any atom is -0.334 e. The van der Waals surface area contributed by atoms with E-state index in [4.69, 9.17) is 23.2 Å². The zero-order chi connectivity index (χ0) is 22.8. The first-order valence-corrected chi connectivity index (χ1v) is 10.6. The van der Waals surface area contributed by atoms with Gasteiger partial charge in [-0.2, -0.15) is 13.2 Å². The molecule has 0 spiro atoms. The van der Waals surface area contributed by atoms with Crippen molar-refractivity contribution in [1.29, 1.82) is 0 Å². The van der Waals surface area contributed by atoms with Crippen LogP contribution in [0, 0.1) is 0 Å². The molecule has 0 saturated carbocycles. The van der Waals surface area contributed by atoms with Crippen LogP contribution in [0.5, 0.6) is 0 Å². The van der Waals surface area contributed by atoms with Crippen LogP contribution in [0.2, 0.25) is 10.0 Å². The van der Waals surface area contributed by atoms with Gasteiger partial charge < -0.3 is 4.90 Å². The molecule has 1 amide bonds. The van der Waals surface area contributed by atoms with Crippen molar-refractivity contribution in [3.63, 3.8) is 0 Å². The molecular formula is C23H23Cl2F3N2O. The molecule has 2 aromatic rings. The van der Waals surface area contributed by atoms with Crippen molar-refractivity contribution in [1.82, 2.24) is 9.80 Å². The Kier molecular flexibility index (Phi) is 7.35. The third-order valence-corrected chi connectivity index (χ3v) is 5.99. The topological polar surface area (TPSA) is 23.6 Å². The molecular weight excluding hydrogens is 448 g/mol. The van der Waals surface area contributed by atoms with Crippen molar-refractivity contribution >= 4 is 35.2 Å². The third-order valence-electron chi connectivity index (χ3n) is 5.41. The number of amides is 1. The van der Waals surface area contributed by atoms with Crippen molar-refractivity contribution in [3.05, 3.63) is 75.3 Å². The average Bonchev–Trinajstić information content (AvgIpc) is 2.70. The van der Waals surface area contributed by atoms with E-state index in [-0.39, 0.29) is 28.6 Å². The molecule has 0 N–H and O–H groups in total. The van der Waals surface area contributed by atoms with E-state index in [2.05, 4.69) is 11.8 Å². The van der Waals surface area contributed by atoms with Crippen molar-refractivity contribution < 1.29 is 18.0 Å². The zero-order valence-corrected chi connectivity index (χ0v) is 18.7. The molecule has 31 heavy (non-hydrogen) atoms. The summed E-state index contributed by atoms with van der Waals surface area (Å²) in [4.78, 5) is 16.8. The summed E-state index contributed by atoms with van der Waals surface area (Å²) in [6.45, 7) is 6.01. The number of hydrogen-bond acceptors (Lipinski definition) is 2. The second-order valence-electron chi connectivity index (χ2n) is 7.81. The Labute approximate surface area is 190 Å². The van der Waals surface area contributed by atoms with E-state index in [0.29, 0.717) is 18.1 Å². The van der Waals surface area contributed by atoms with Crippen molar-refractivity contribution in [2.45, 2.75) is 38.7 Å². The lowest BCUT2D eigenvalue weighted by atomic mass is 10.1. The predicted octanol–water partition coefficient (Wildman–Crippen LogP) is 6.15. The lowest BCUT2D eigenvalue weighted by Crippen LogP contribution is -2.57. The molecule has 1 fully saturated rings. The van der Waals surface area contributed by atoms with Gasteiger partial charge in [-0.15, -0.1) is 0 Å². The first-order chi connectivity index (χ1) is 14.5. The summed E-state index contributed by atoms with van der Waals surface area (Å²) >= 11 is 11.6. The molecule has 3 nitrogen and oxygen atoms in total. The lowest BCUT2D eigenvalue weighted by Gasteiger charge is -2.44. The smallest absolute Gasteiger partial charge is 0.334 e. The summed E-state index contributed by atoms with van der Waals surface area (Å²) in [5.74, 6) is -0.228. The summed E-state index contributed by atoms with van der Waals surface area (Å²) in [5, 5.41) is 0.325. The van der Waals surface area contributed by atoms with Gasteiger partial charge in [0.2, 0.25) is 5.91 Å². The predicted molar refractivity (Wildman–Crippen MR) is 118 cm³/mol. The highest BCUT2D eigenvalue weighted by molar-refractivity contribution is 6.31. The fraction of sp³-hybridized carbons (Fsp3) is 0.348. The monoisotopic (exact) mass is 470 g/mol. The van der Waals surface area contributed by atoms with Gasteiger partial charge in [0.1, 0.15) is 0 Å². The minimum atomic E-state index is -4.55. The molecule has 1 heterocycles. The SMILES string of the molecule is C[C@@H]1CN(C(=O)/C=C/c2ccc(Cl)c(C(F)(F)F)c2)[C@@H](C)CN1Cc1ccc(Cl)cc1. The summed E-state index contributed by atoms with van der Waals surface area (Å²) in [5.41, 5.74) is 0.500. The van der Waals surface area contributed by atoms with Crippen LogP contribution < -0.4 is 0 Å². The van der Waals surface area contributed by atoms with Gasteiger partial charge in [0.15, 0.2) is 0 Å². The number of halogens is 5. The number of alkyl halides is 3. The largest absolute Gasteiger partial charge is 0.417 e. The van der Waals surface area contributed by atoms with Gasteiger partial charge in [0, 0.05) is 42.8 Å². The van der Waals surface area contributed by atoms with E-state index in [9.17, 15) is 18.0 Å². The summed E-state index contributed by atoms with van der Waals surface area (Å²) in [6, 6.07) is 11.4. The lowest BCUT2D eigenvalue weighted by molar-refractivity contribution is -0.137. The van der Waals surface area contributed by atoms with E-state index >= 15 is 0 Å². The number of nitrogens with zero attached hydrogens (tertiary/aromatic N) is 2. The molecule has 166 valence electrons. The molecule has 1 saturated heterocycles. The maximum Gasteiger partial charge on any atom is 0.417 e. The molecule has 1 aliphatic rings. The first kappa shape index (κ1) is 23.6. The van der Waals surface area contributed by atoms with Gasteiger partial charge in [-0.25, -0.2) is 0 Å². The maximum absolute atomic E-state index is 13.0. The number of benzene rings is 2. The fourth-order valence-electron chi connectivity index (χ4n) is 3.68. The van der Waals surface area contributed by atoms with E-state index in [1.807, 2.05) is 31.2 Å². The molecule has 8 heteroatoms. The molecule has 2 atom stereocenters. The van der Waals surface area contributed by atoms with Gasteiger partial charge in [-0.3, -0.25) is 9.69 Å². The van der Waals surface area contributed by atoms with E-state index in [0.717, 1.165) is 18.2 Å². The standard InChI is InChI=1S/C23H23Cl2F3N2O/c1-15-13-30(16(2)12-29(15)14-18-3-7-19(24)8-4-18)22(31)10-6-17-5-9-21(25)20(11-17)23(26,27)28/h3-11,15-16H,12-14H2,1-2H3/b10-6+/t15-,16+/m1/s1. The van der Waals surface area contributed by atoms with Gasteiger partial charge in [0.05, 0.1) is 10.6 Å². The second kappa shape index (κ2) is 9.63. The van der Waals surface area contributed by atoms with Crippen LogP contribution in [0.15, 0.2) is 48.5 Å². The Morgan fingerprint density at radius 3 is 2.39 bits per heavy atom. The number of carbonyl (C=O) groups is 1. The van der Waals surface area contributed by atoms with Crippen molar-refractivity contribution in [2.24, 2.45) is 0 Å². The molecule has 0 aromatic heterocycles. The van der Waals surface area contributed by atoms with Gasteiger partial charge in [0.25, 0.3) is 0 Å². The van der Waals surface area contributed by atoms with Crippen LogP contribution in [-0.2, 0) is 17.5 Å². The van der Waals surface area contributed by atoms with Gasteiger partial charge in [-0.1, -0.05) is 41.4 Å². The van der Waals surface area contributed by atoms with Crippen LogP contribution in [0.4, 0.5) is 13.2 Å². The molecule has 0 unspecified atom stereocenters. The Bertz CT molecular complexity index is 960. The minimum absolute atomic E-state index is 0.0309. The zero-order valence-electron chi connectivity index (χ0n) is 17.2. The highest BCUT2D eigenvalue weighted by atomic mass is 35.5. The molecule has 1 aliphatic heterocycles. The summed E-state index contributed by atoms with van der Waals surface area (Å²) < 4.78 is 39.1. The van der Waals surface area contributed by atoms with Crippen LogP contribution in [0.3, 0.4) is 0 Å². The van der Waals surface area contributed by atoms with E-state index in [1.165, 1.54) is 24.3 Å². The van der Waals surface area contributed by atoms with Gasteiger partial charge >= 0.3 is 6.18 Å². The number of piperazine rings is 1. The van der Waals surface area contributed by atoms with Crippen LogP contribution >= 0.6 is 23.2 Å². The Morgan fingerprint density at radius 1 is 1.06 bits per heavy atom. The molecule has 0 radical (unpaired) electrons. The van der Waals surface area contributed by atoms with Crippen LogP contribution in [0.25, 0.3) is 6.08 Å². The second-order valence-corrected chi connectivity index (χ2v) is 8.66. The van der Waals surface area contributed by atoms with Crippen molar-refractivity contribution in [2.75, 3.05) is 13.1 Å². The fourth-order valence-corrected chi connectivity index (χ4v) is 4.03. The van der Waals surface area contributed by atoms with Crippen LogP contribution in [-0.4, -0.2) is 40.9 Å².